The summed E-state index contributed by atoms with van der Waals surface area (Å²) in [6.45, 7) is 8.81. The lowest BCUT2D eigenvalue weighted by atomic mass is 10.2. The van der Waals surface area contributed by atoms with Crippen LogP contribution < -0.4 is 4.74 Å². The van der Waals surface area contributed by atoms with Crippen LogP contribution in [-0.4, -0.2) is 54.3 Å². The molecule has 6 nitrogen and oxygen atoms in total. The zero-order chi connectivity index (χ0) is 17.5. The lowest BCUT2D eigenvalue weighted by molar-refractivity contribution is 0.119. The number of piperazine rings is 1. The molecule has 0 spiro atoms. The molecule has 0 aliphatic carbocycles. The second-order valence-corrected chi connectivity index (χ2v) is 6.38. The van der Waals surface area contributed by atoms with Crippen LogP contribution in [0.2, 0.25) is 0 Å². The number of nitrogens with zero attached hydrogens (tertiary/aromatic N) is 4. The molecular formula is C19H24N4O2. The number of hydrogen-bond donors (Lipinski definition) is 0. The normalized spacial score (nSPS) is 15.8. The highest BCUT2D eigenvalue weighted by atomic mass is 16.5. The molecule has 0 bridgehead atoms. The molecule has 0 N–H and O–H groups in total. The fourth-order valence-corrected chi connectivity index (χ4v) is 3.00. The predicted octanol–water partition coefficient (Wildman–Crippen LogP) is 2.44. The van der Waals surface area contributed by atoms with Crippen LogP contribution in [0.3, 0.4) is 0 Å². The molecule has 3 rings (SSSR count). The molecule has 1 aliphatic rings. The van der Waals surface area contributed by atoms with Gasteiger partial charge in [-0.1, -0.05) is 5.16 Å². The molecule has 0 amide bonds. The van der Waals surface area contributed by atoms with Crippen LogP contribution >= 0.6 is 0 Å². The smallest absolute Gasteiger partial charge is 0.133 e. The standard InChI is InChI=1S/C19H24N4O2/c1-16-13-18(21-25-16)15-23-10-8-22(9-11-23)7-2-12-24-19-5-3-17(14-20)4-6-19/h3-6,13H,2,7-12,15H2,1H3. The van der Waals surface area contributed by atoms with Gasteiger partial charge in [-0.25, -0.2) is 0 Å². The third kappa shape index (κ3) is 5.31. The van der Waals surface area contributed by atoms with Gasteiger partial charge in [-0.05, 0) is 37.6 Å². The Morgan fingerprint density at radius 3 is 2.52 bits per heavy atom. The van der Waals surface area contributed by atoms with Crippen LogP contribution in [0.25, 0.3) is 0 Å². The summed E-state index contributed by atoms with van der Waals surface area (Å²) >= 11 is 0. The van der Waals surface area contributed by atoms with E-state index in [1.54, 1.807) is 12.1 Å². The van der Waals surface area contributed by atoms with Crippen LogP contribution in [0.1, 0.15) is 23.4 Å². The first-order valence-electron chi connectivity index (χ1n) is 8.73. The summed E-state index contributed by atoms with van der Waals surface area (Å²) < 4.78 is 10.9. The Bertz CT molecular complexity index is 697. The Kier molecular flexibility index (Phi) is 6.04. The molecule has 0 atom stereocenters. The minimum Gasteiger partial charge on any atom is -0.494 e. The van der Waals surface area contributed by atoms with Gasteiger partial charge in [-0.15, -0.1) is 0 Å². The molecule has 0 saturated carbocycles. The van der Waals surface area contributed by atoms with Gasteiger partial charge in [0.05, 0.1) is 23.9 Å². The van der Waals surface area contributed by atoms with E-state index >= 15 is 0 Å². The van der Waals surface area contributed by atoms with Crippen LogP contribution in [-0.2, 0) is 6.54 Å². The van der Waals surface area contributed by atoms with Crippen molar-refractivity contribution in [2.24, 2.45) is 0 Å². The van der Waals surface area contributed by atoms with Crippen molar-refractivity contribution in [3.05, 3.63) is 47.3 Å². The molecule has 1 aromatic carbocycles. The molecule has 1 aliphatic heterocycles. The molecule has 1 fully saturated rings. The predicted molar refractivity (Wildman–Crippen MR) is 94.2 cm³/mol. The Balaban J connectivity index is 1.30. The lowest BCUT2D eigenvalue weighted by Gasteiger charge is -2.34. The average Bonchev–Trinajstić information content (AvgIpc) is 3.05. The number of rotatable bonds is 7. The van der Waals surface area contributed by atoms with Gasteiger partial charge in [0.2, 0.25) is 0 Å². The zero-order valence-electron chi connectivity index (χ0n) is 14.6. The molecule has 25 heavy (non-hydrogen) atoms. The summed E-state index contributed by atoms with van der Waals surface area (Å²) in [5, 5.41) is 12.8. The van der Waals surface area contributed by atoms with Crippen LogP contribution in [0.4, 0.5) is 0 Å². The highest BCUT2D eigenvalue weighted by molar-refractivity contribution is 5.34. The Labute approximate surface area is 148 Å². The van der Waals surface area contributed by atoms with Gasteiger partial charge in [-0.2, -0.15) is 5.26 Å². The molecule has 2 aromatic rings. The Morgan fingerprint density at radius 2 is 1.88 bits per heavy atom. The fraction of sp³-hybridized carbons (Fsp3) is 0.474. The van der Waals surface area contributed by atoms with Gasteiger partial charge >= 0.3 is 0 Å². The summed E-state index contributed by atoms with van der Waals surface area (Å²) in [6.07, 6.45) is 1.00. The molecule has 0 unspecified atom stereocenters. The summed E-state index contributed by atoms with van der Waals surface area (Å²) in [4.78, 5) is 4.90. The monoisotopic (exact) mass is 340 g/mol. The van der Waals surface area contributed by atoms with Gasteiger partial charge < -0.3 is 14.2 Å². The largest absolute Gasteiger partial charge is 0.494 e. The van der Waals surface area contributed by atoms with Crippen molar-refractivity contribution in [1.29, 1.82) is 5.26 Å². The summed E-state index contributed by atoms with van der Waals surface area (Å²) in [7, 11) is 0. The van der Waals surface area contributed by atoms with Crippen molar-refractivity contribution in [2.45, 2.75) is 19.9 Å². The zero-order valence-corrected chi connectivity index (χ0v) is 14.6. The van der Waals surface area contributed by atoms with E-state index in [2.05, 4.69) is 21.0 Å². The van der Waals surface area contributed by atoms with Gasteiger partial charge in [-0.3, -0.25) is 4.90 Å². The maximum atomic E-state index is 8.78. The molecule has 2 heterocycles. The van der Waals surface area contributed by atoms with Crippen LogP contribution in [0.5, 0.6) is 5.75 Å². The molecule has 0 radical (unpaired) electrons. The molecule has 132 valence electrons. The molecule has 6 heteroatoms. The average molecular weight is 340 g/mol. The van der Waals surface area contributed by atoms with Gasteiger partial charge in [0.15, 0.2) is 0 Å². The first-order chi connectivity index (χ1) is 12.2. The Hall–Kier alpha value is -2.36. The van der Waals surface area contributed by atoms with Crippen molar-refractivity contribution >= 4 is 0 Å². The van der Waals surface area contributed by atoms with E-state index in [0.29, 0.717) is 12.2 Å². The second kappa shape index (κ2) is 8.65. The summed E-state index contributed by atoms with van der Waals surface area (Å²) in [5.74, 6) is 1.70. The van der Waals surface area contributed by atoms with Gasteiger partial charge in [0.1, 0.15) is 11.5 Å². The van der Waals surface area contributed by atoms with E-state index < -0.39 is 0 Å². The van der Waals surface area contributed by atoms with Crippen molar-refractivity contribution in [2.75, 3.05) is 39.3 Å². The molecule has 1 aromatic heterocycles. The number of hydrogen-bond acceptors (Lipinski definition) is 6. The minimum atomic E-state index is 0.658. The SMILES string of the molecule is Cc1cc(CN2CCN(CCCOc3ccc(C#N)cc3)CC2)no1. The van der Waals surface area contributed by atoms with Crippen molar-refractivity contribution in [1.82, 2.24) is 15.0 Å². The van der Waals surface area contributed by atoms with E-state index in [-0.39, 0.29) is 0 Å². The summed E-state index contributed by atoms with van der Waals surface area (Å²) in [5.41, 5.74) is 1.67. The minimum absolute atomic E-state index is 0.658. The van der Waals surface area contributed by atoms with Gasteiger partial charge in [0, 0.05) is 45.3 Å². The fourth-order valence-electron chi connectivity index (χ4n) is 3.00. The first-order valence-corrected chi connectivity index (χ1v) is 8.73. The van der Waals surface area contributed by atoms with E-state index in [1.807, 2.05) is 25.1 Å². The number of ether oxygens (including phenoxy) is 1. The third-order valence-electron chi connectivity index (χ3n) is 4.40. The van der Waals surface area contributed by atoms with Crippen LogP contribution in [0, 0.1) is 18.3 Å². The van der Waals surface area contributed by atoms with E-state index in [4.69, 9.17) is 14.5 Å². The lowest BCUT2D eigenvalue weighted by Crippen LogP contribution is -2.46. The molecular weight excluding hydrogens is 316 g/mol. The van der Waals surface area contributed by atoms with E-state index in [0.717, 1.165) is 62.9 Å². The van der Waals surface area contributed by atoms with Crippen molar-refractivity contribution in [3.8, 4) is 11.8 Å². The van der Waals surface area contributed by atoms with Crippen molar-refractivity contribution in [3.63, 3.8) is 0 Å². The topological polar surface area (TPSA) is 65.5 Å². The number of aryl methyl sites for hydroxylation is 1. The van der Waals surface area contributed by atoms with Crippen molar-refractivity contribution < 1.29 is 9.26 Å². The van der Waals surface area contributed by atoms with Crippen LogP contribution in [0.15, 0.2) is 34.9 Å². The Morgan fingerprint density at radius 1 is 1.16 bits per heavy atom. The first kappa shape index (κ1) is 17.5. The quantitative estimate of drug-likeness (QED) is 0.721. The summed E-state index contributed by atoms with van der Waals surface area (Å²) in [6, 6.07) is 11.4. The number of benzene rings is 1. The van der Waals surface area contributed by atoms with E-state index in [1.165, 1.54) is 0 Å². The maximum Gasteiger partial charge on any atom is 0.133 e. The highest BCUT2D eigenvalue weighted by Gasteiger charge is 2.17. The molecule has 1 saturated heterocycles. The second-order valence-electron chi connectivity index (χ2n) is 6.38. The highest BCUT2D eigenvalue weighted by Crippen LogP contribution is 2.12. The van der Waals surface area contributed by atoms with Gasteiger partial charge in [0.25, 0.3) is 0 Å². The maximum absolute atomic E-state index is 8.78. The third-order valence-corrected chi connectivity index (χ3v) is 4.40. The van der Waals surface area contributed by atoms with E-state index in [9.17, 15) is 0 Å². The number of aromatic nitrogens is 1. The number of nitriles is 1.